The van der Waals surface area contributed by atoms with Crippen LogP contribution in [0.4, 0.5) is 5.69 Å². The highest BCUT2D eigenvalue weighted by Crippen LogP contribution is 2.20. The largest absolute Gasteiger partial charge is 0.378 e. The van der Waals surface area contributed by atoms with Crippen LogP contribution in [0.2, 0.25) is 5.02 Å². The number of anilines is 1. The molecule has 1 atom stereocenters. The van der Waals surface area contributed by atoms with Crippen molar-refractivity contribution in [1.29, 1.82) is 5.26 Å². The van der Waals surface area contributed by atoms with Gasteiger partial charge in [0.1, 0.15) is 12.1 Å². The molecule has 0 saturated carbocycles. The summed E-state index contributed by atoms with van der Waals surface area (Å²) < 4.78 is 5.21. The number of nitriles is 1. The summed E-state index contributed by atoms with van der Waals surface area (Å²) in [5.41, 5.74) is 0.798. The molecule has 5 nitrogen and oxygen atoms in total. The number of morpholine rings is 1. The fourth-order valence-electron chi connectivity index (χ4n) is 1.67. The molecule has 1 aromatic rings. The van der Waals surface area contributed by atoms with E-state index >= 15 is 0 Å². The third kappa shape index (κ3) is 2.99. The molecule has 1 fully saturated rings. The molecule has 1 saturated heterocycles. The van der Waals surface area contributed by atoms with E-state index in [4.69, 9.17) is 21.6 Å². The molecule has 2 N–H and O–H groups in total. The Morgan fingerprint density at radius 2 is 2.44 bits per heavy atom. The van der Waals surface area contributed by atoms with Crippen molar-refractivity contribution >= 4 is 23.2 Å². The number of amides is 1. The predicted molar refractivity (Wildman–Crippen MR) is 67.4 cm³/mol. The minimum Gasteiger partial charge on any atom is -0.378 e. The second-order valence-corrected chi connectivity index (χ2v) is 4.31. The molecule has 1 aromatic carbocycles. The van der Waals surface area contributed by atoms with Gasteiger partial charge in [-0.3, -0.25) is 4.79 Å². The highest BCUT2D eigenvalue weighted by atomic mass is 35.5. The van der Waals surface area contributed by atoms with Gasteiger partial charge in [0.05, 0.1) is 24.5 Å². The Balaban J connectivity index is 2.11. The summed E-state index contributed by atoms with van der Waals surface area (Å²) in [6, 6.07) is 6.35. The summed E-state index contributed by atoms with van der Waals surface area (Å²) in [4.78, 5) is 11.9. The minimum absolute atomic E-state index is 0.228. The van der Waals surface area contributed by atoms with Crippen molar-refractivity contribution in [2.75, 3.05) is 25.1 Å². The van der Waals surface area contributed by atoms with Crippen LogP contribution in [0.3, 0.4) is 0 Å². The smallest absolute Gasteiger partial charge is 0.243 e. The summed E-state index contributed by atoms with van der Waals surface area (Å²) >= 11 is 5.84. The molecule has 0 bridgehead atoms. The topological polar surface area (TPSA) is 74.2 Å². The van der Waals surface area contributed by atoms with Crippen LogP contribution in [0.25, 0.3) is 0 Å². The van der Waals surface area contributed by atoms with Crippen LogP contribution in [-0.2, 0) is 9.53 Å². The molecule has 0 spiro atoms. The van der Waals surface area contributed by atoms with Gasteiger partial charge in [-0.1, -0.05) is 11.6 Å². The Kier molecular flexibility index (Phi) is 4.15. The number of halogens is 1. The molecule has 1 heterocycles. The van der Waals surface area contributed by atoms with Crippen LogP contribution >= 0.6 is 11.6 Å². The maximum Gasteiger partial charge on any atom is 0.243 e. The number of hydrogen-bond acceptors (Lipinski definition) is 4. The molecular formula is C12H12ClN3O2. The second-order valence-electron chi connectivity index (χ2n) is 3.87. The van der Waals surface area contributed by atoms with Gasteiger partial charge in [-0.2, -0.15) is 5.26 Å². The first-order valence-electron chi connectivity index (χ1n) is 5.52. The molecule has 0 radical (unpaired) electrons. The Bertz CT molecular complexity index is 493. The van der Waals surface area contributed by atoms with Crippen LogP contribution in [-0.4, -0.2) is 31.7 Å². The monoisotopic (exact) mass is 265 g/mol. The van der Waals surface area contributed by atoms with Gasteiger partial charge >= 0.3 is 0 Å². The third-order valence-electron chi connectivity index (χ3n) is 2.60. The van der Waals surface area contributed by atoms with Crippen LogP contribution in [0.5, 0.6) is 0 Å². The maximum atomic E-state index is 11.9. The molecule has 1 aliphatic heterocycles. The number of ether oxygens (including phenoxy) is 1. The van der Waals surface area contributed by atoms with E-state index in [1.54, 1.807) is 18.2 Å². The predicted octanol–water partition coefficient (Wildman–Crippen LogP) is 1.14. The summed E-state index contributed by atoms with van der Waals surface area (Å²) in [5, 5.41) is 15.1. The van der Waals surface area contributed by atoms with Gasteiger partial charge < -0.3 is 15.4 Å². The van der Waals surface area contributed by atoms with Crippen molar-refractivity contribution in [3.63, 3.8) is 0 Å². The van der Waals surface area contributed by atoms with Gasteiger partial charge in [0, 0.05) is 11.6 Å². The SMILES string of the molecule is N#Cc1ccc(Cl)cc1NC(=O)C1COCCN1. The van der Waals surface area contributed by atoms with Crippen molar-refractivity contribution < 1.29 is 9.53 Å². The molecule has 1 aliphatic rings. The van der Waals surface area contributed by atoms with Crippen LogP contribution in [0.15, 0.2) is 18.2 Å². The fraction of sp³-hybridized carbons (Fsp3) is 0.333. The van der Waals surface area contributed by atoms with Gasteiger partial charge in [-0.05, 0) is 18.2 Å². The fourth-order valence-corrected chi connectivity index (χ4v) is 1.84. The summed E-state index contributed by atoms with van der Waals surface area (Å²) in [6.07, 6.45) is 0. The first-order valence-corrected chi connectivity index (χ1v) is 5.90. The Morgan fingerprint density at radius 1 is 1.61 bits per heavy atom. The van der Waals surface area contributed by atoms with E-state index in [2.05, 4.69) is 10.6 Å². The highest BCUT2D eigenvalue weighted by Gasteiger charge is 2.21. The zero-order valence-electron chi connectivity index (χ0n) is 9.57. The van der Waals surface area contributed by atoms with Gasteiger partial charge in [-0.15, -0.1) is 0 Å². The number of rotatable bonds is 2. The second kappa shape index (κ2) is 5.83. The molecule has 1 unspecified atom stereocenters. The zero-order chi connectivity index (χ0) is 13.0. The summed E-state index contributed by atoms with van der Waals surface area (Å²) in [6.45, 7) is 1.57. The Morgan fingerprint density at radius 3 is 3.11 bits per heavy atom. The number of carbonyl (C=O) groups excluding carboxylic acids is 1. The van der Waals surface area contributed by atoms with E-state index in [1.165, 1.54) is 0 Å². The van der Waals surface area contributed by atoms with Gasteiger partial charge in [-0.25, -0.2) is 0 Å². The molecule has 2 rings (SSSR count). The highest BCUT2D eigenvalue weighted by molar-refractivity contribution is 6.31. The average Bonchev–Trinajstić information content (AvgIpc) is 2.40. The molecule has 0 aliphatic carbocycles. The van der Waals surface area contributed by atoms with Crippen LogP contribution < -0.4 is 10.6 Å². The van der Waals surface area contributed by atoms with E-state index in [0.717, 1.165) is 0 Å². The summed E-state index contributed by atoms with van der Waals surface area (Å²) in [5.74, 6) is -0.228. The van der Waals surface area contributed by atoms with Crippen molar-refractivity contribution in [1.82, 2.24) is 5.32 Å². The lowest BCUT2D eigenvalue weighted by Gasteiger charge is -2.23. The van der Waals surface area contributed by atoms with Crippen molar-refractivity contribution in [3.8, 4) is 6.07 Å². The van der Waals surface area contributed by atoms with Gasteiger partial charge in [0.15, 0.2) is 0 Å². The first-order chi connectivity index (χ1) is 8.70. The molecule has 18 heavy (non-hydrogen) atoms. The normalized spacial score (nSPS) is 19.0. The standard InChI is InChI=1S/C12H12ClN3O2/c13-9-2-1-8(6-14)10(5-9)16-12(17)11-7-18-4-3-15-11/h1-2,5,11,15H,3-4,7H2,(H,16,17). The van der Waals surface area contributed by atoms with Gasteiger partial charge in [0.2, 0.25) is 5.91 Å². The van der Waals surface area contributed by atoms with Crippen molar-refractivity contribution in [2.45, 2.75) is 6.04 Å². The van der Waals surface area contributed by atoms with E-state index in [1.807, 2.05) is 6.07 Å². The van der Waals surface area contributed by atoms with Crippen molar-refractivity contribution in [3.05, 3.63) is 28.8 Å². The van der Waals surface area contributed by atoms with Crippen LogP contribution in [0.1, 0.15) is 5.56 Å². The molecule has 1 amide bonds. The lowest BCUT2D eigenvalue weighted by Crippen LogP contribution is -2.48. The average molecular weight is 266 g/mol. The Labute approximate surface area is 110 Å². The first kappa shape index (κ1) is 12.8. The van der Waals surface area contributed by atoms with Crippen LogP contribution in [0, 0.1) is 11.3 Å². The molecule has 94 valence electrons. The van der Waals surface area contributed by atoms with Crippen molar-refractivity contribution in [2.24, 2.45) is 0 Å². The number of benzene rings is 1. The Hall–Kier alpha value is -1.61. The van der Waals surface area contributed by atoms with E-state index in [9.17, 15) is 4.79 Å². The number of nitrogens with one attached hydrogen (secondary N) is 2. The molecule has 0 aromatic heterocycles. The minimum atomic E-state index is -0.399. The van der Waals surface area contributed by atoms with E-state index in [-0.39, 0.29) is 5.91 Å². The lowest BCUT2D eigenvalue weighted by molar-refractivity contribution is -0.120. The van der Waals surface area contributed by atoms with E-state index in [0.29, 0.717) is 36.0 Å². The number of hydrogen-bond donors (Lipinski definition) is 2. The van der Waals surface area contributed by atoms with Gasteiger partial charge in [0.25, 0.3) is 0 Å². The number of carbonyl (C=O) groups is 1. The zero-order valence-corrected chi connectivity index (χ0v) is 10.3. The summed E-state index contributed by atoms with van der Waals surface area (Å²) in [7, 11) is 0. The quantitative estimate of drug-likeness (QED) is 0.841. The molecular weight excluding hydrogens is 254 g/mol. The van der Waals surface area contributed by atoms with E-state index < -0.39 is 6.04 Å². The molecule has 6 heteroatoms. The third-order valence-corrected chi connectivity index (χ3v) is 2.83. The lowest BCUT2D eigenvalue weighted by atomic mass is 10.2. The maximum absolute atomic E-state index is 11.9. The number of nitrogens with zero attached hydrogens (tertiary/aromatic N) is 1.